The van der Waals surface area contributed by atoms with Crippen molar-refractivity contribution in [1.82, 2.24) is 0 Å². The van der Waals surface area contributed by atoms with Crippen molar-refractivity contribution in [3.8, 4) is 0 Å². The molecular formula is C10H20O2S. The fourth-order valence-electron chi connectivity index (χ4n) is 0.981. The monoisotopic (exact) mass is 204 g/mol. The fourth-order valence-corrected chi connectivity index (χ4v) is 1.94. The predicted molar refractivity (Wildman–Crippen MR) is 58.1 cm³/mol. The zero-order chi connectivity index (χ0) is 10.5. The van der Waals surface area contributed by atoms with Crippen LogP contribution in [0.5, 0.6) is 0 Å². The van der Waals surface area contributed by atoms with Crippen molar-refractivity contribution in [2.24, 2.45) is 0 Å². The third-order valence-electron chi connectivity index (χ3n) is 1.58. The van der Waals surface area contributed by atoms with Gasteiger partial charge in [0.1, 0.15) is 0 Å². The lowest BCUT2D eigenvalue weighted by molar-refractivity contribution is -0.109. The van der Waals surface area contributed by atoms with Gasteiger partial charge in [0.2, 0.25) is 0 Å². The summed E-state index contributed by atoms with van der Waals surface area (Å²) in [5.41, 5.74) is 0. The number of hydrogen-bond donors (Lipinski definition) is 0. The van der Waals surface area contributed by atoms with E-state index >= 15 is 0 Å². The molecular weight excluding hydrogens is 184 g/mol. The Labute approximate surface area is 85.4 Å². The molecule has 13 heavy (non-hydrogen) atoms. The molecule has 0 aliphatic carbocycles. The summed E-state index contributed by atoms with van der Waals surface area (Å²) in [5, 5.41) is 0.176. The molecule has 0 amide bonds. The average Bonchev–Trinajstić information content (AvgIpc) is 1.81. The van der Waals surface area contributed by atoms with E-state index in [2.05, 4.69) is 13.8 Å². The molecule has 0 atom stereocenters. The Morgan fingerprint density at radius 2 is 2.00 bits per heavy atom. The zero-order valence-corrected chi connectivity index (χ0v) is 10.0. The molecule has 0 unspecified atom stereocenters. The van der Waals surface area contributed by atoms with Crippen LogP contribution in [0.4, 0.5) is 0 Å². The zero-order valence-electron chi connectivity index (χ0n) is 9.22. The van der Waals surface area contributed by atoms with E-state index in [9.17, 15) is 4.79 Å². The molecule has 0 rings (SSSR count). The van der Waals surface area contributed by atoms with Gasteiger partial charge in [-0.3, -0.25) is 4.79 Å². The first-order valence-corrected chi connectivity index (χ1v) is 5.46. The van der Waals surface area contributed by atoms with Crippen LogP contribution in [-0.4, -0.2) is 22.6 Å². The van der Waals surface area contributed by atoms with Crippen molar-refractivity contribution in [3.05, 3.63) is 0 Å². The third kappa shape index (κ3) is 8.31. The molecule has 2 nitrogen and oxygen atoms in total. The van der Waals surface area contributed by atoms with Gasteiger partial charge in [-0.2, -0.15) is 0 Å². The second-order valence-corrected chi connectivity index (χ2v) is 5.91. The second-order valence-electron chi connectivity index (χ2n) is 4.02. The normalized spacial score (nSPS) is 12.2. The summed E-state index contributed by atoms with van der Waals surface area (Å²) in [6.45, 7) is 10.5. The van der Waals surface area contributed by atoms with Crippen molar-refractivity contribution >= 4 is 16.9 Å². The molecule has 78 valence electrons. The van der Waals surface area contributed by atoms with Gasteiger partial charge in [0.25, 0.3) is 0 Å². The van der Waals surface area contributed by atoms with E-state index in [0.717, 1.165) is 13.0 Å². The third-order valence-corrected chi connectivity index (χ3v) is 2.62. The van der Waals surface area contributed by atoms with Gasteiger partial charge in [-0.05, 0) is 20.3 Å². The number of thioether (sulfide) groups is 1. The number of ether oxygens (including phenoxy) is 1. The first-order chi connectivity index (χ1) is 5.83. The maximum Gasteiger partial charge on any atom is 0.186 e. The molecule has 3 heteroatoms. The van der Waals surface area contributed by atoms with E-state index < -0.39 is 0 Å². The molecule has 0 aromatic rings. The molecule has 0 saturated carbocycles. The number of carbonyl (C=O) groups is 1. The molecule has 0 aromatic heterocycles. The van der Waals surface area contributed by atoms with E-state index in [1.165, 1.54) is 11.8 Å². The summed E-state index contributed by atoms with van der Waals surface area (Å²) in [6, 6.07) is 0. The number of carbonyl (C=O) groups excluding carboxylic acids is 1. The van der Waals surface area contributed by atoms with Gasteiger partial charge in [0, 0.05) is 18.3 Å². The predicted octanol–water partition coefficient (Wildman–Crippen LogP) is 2.86. The second kappa shape index (κ2) is 5.66. The minimum atomic E-state index is 0.000718. The lowest BCUT2D eigenvalue weighted by atomic mass is 10.1. The molecule has 0 N–H and O–H groups in total. The number of rotatable bonds is 5. The maximum absolute atomic E-state index is 10.9. The first-order valence-electron chi connectivity index (χ1n) is 4.65. The highest BCUT2D eigenvalue weighted by atomic mass is 32.2. The van der Waals surface area contributed by atoms with Crippen LogP contribution >= 0.6 is 11.8 Å². The van der Waals surface area contributed by atoms with E-state index in [-0.39, 0.29) is 16.0 Å². The highest BCUT2D eigenvalue weighted by Crippen LogP contribution is 2.28. The molecule has 0 radical (unpaired) electrons. The molecule has 0 spiro atoms. The fraction of sp³-hybridized carbons (Fsp3) is 0.900. The Morgan fingerprint density at radius 1 is 1.46 bits per heavy atom. The summed E-state index contributed by atoms with van der Waals surface area (Å²) in [7, 11) is 0. The van der Waals surface area contributed by atoms with Gasteiger partial charge in [0.05, 0.1) is 6.10 Å². The molecule has 0 aliphatic heterocycles. The lowest BCUT2D eigenvalue weighted by Gasteiger charge is -2.22. The summed E-state index contributed by atoms with van der Waals surface area (Å²) in [4.78, 5) is 10.9. The van der Waals surface area contributed by atoms with Crippen LogP contribution in [0.1, 0.15) is 41.0 Å². The van der Waals surface area contributed by atoms with Gasteiger partial charge in [-0.1, -0.05) is 25.6 Å². The lowest BCUT2D eigenvalue weighted by Crippen LogP contribution is -2.20. The van der Waals surface area contributed by atoms with Crippen molar-refractivity contribution in [1.29, 1.82) is 0 Å². The Morgan fingerprint density at radius 3 is 2.38 bits per heavy atom. The summed E-state index contributed by atoms with van der Waals surface area (Å²) < 4.78 is 5.44. The van der Waals surface area contributed by atoms with E-state index in [4.69, 9.17) is 4.74 Å². The van der Waals surface area contributed by atoms with Gasteiger partial charge in [-0.15, -0.1) is 0 Å². The molecule has 0 fully saturated rings. The average molecular weight is 204 g/mol. The quantitative estimate of drug-likeness (QED) is 0.689. The Balaban J connectivity index is 3.69. The van der Waals surface area contributed by atoms with Crippen LogP contribution < -0.4 is 0 Å². The minimum absolute atomic E-state index is 0.000718. The van der Waals surface area contributed by atoms with Crippen LogP contribution in [0.25, 0.3) is 0 Å². The molecule has 0 aromatic carbocycles. The minimum Gasteiger partial charge on any atom is -0.379 e. The highest BCUT2D eigenvalue weighted by molar-refractivity contribution is 8.14. The van der Waals surface area contributed by atoms with Gasteiger partial charge < -0.3 is 4.74 Å². The van der Waals surface area contributed by atoms with Crippen molar-refractivity contribution in [2.75, 3.05) is 6.61 Å². The number of hydrogen-bond acceptors (Lipinski definition) is 3. The van der Waals surface area contributed by atoms with Crippen molar-refractivity contribution < 1.29 is 9.53 Å². The summed E-state index contributed by atoms with van der Waals surface area (Å²) in [5.74, 6) is 0. The van der Waals surface area contributed by atoms with Crippen LogP contribution in [0.2, 0.25) is 0 Å². The van der Waals surface area contributed by atoms with E-state index in [1.807, 2.05) is 13.8 Å². The topological polar surface area (TPSA) is 26.3 Å². The van der Waals surface area contributed by atoms with Crippen LogP contribution in [-0.2, 0) is 9.53 Å². The Hall–Kier alpha value is -0.0200. The van der Waals surface area contributed by atoms with Crippen molar-refractivity contribution in [3.63, 3.8) is 0 Å². The van der Waals surface area contributed by atoms with Crippen molar-refractivity contribution in [2.45, 2.75) is 51.9 Å². The first kappa shape index (κ1) is 13.0. The van der Waals surface area contributed by atoms with E-state index in [0.29, 0.717) is 0 Å². The maximum atomic E-state index is 10.9. The summed E-state index contributed by atoms with van der Waals surface area (Å²) >= 11 is 1.39. The summed E-state index contributed by atoms with van der Waals surface area (Å²) in [6.07, 6.45) is 1.19. The van der Waals surface area contributed by atoms with Gasteiger partial charge in [0.15, 0.2) is 5.12 Å². The largest absolute Gasteiger partial charge is 0.379 e. The van der Waals surface area contributed by atoms with Crippen LogP contribution in [0.15, 0.2) is 0 Å². The Bertz CT molecular complexity index is 164. The van der Waals surface area contributed by atoms with Crippen LogP contribution in [0.3, 0.4) is 0 Å². The molecule has 0 bridgehead atoms. The van der Waals surface area contributed by atoms with Gasteiger partial charge in [-0.25, -0.2) is 0 Å². The van der Waals surface area contributed by atoms with Crippen LogP contribution in [0, 0.1) is 0 Å². The molecule has 0 aliphatic rings. The standard InChI is InChI=1S/C10H20O2S/c1-8(2)12-7-6-10(4,5)13-9(3)11/h8H,6-7H2,1-5H3. The SMILES string of the molecule is CC(=O)SC(C)(C)CCOC(C)C. The molecule has 0 saturated heterocycles. The highest BCUT2D eigenvalue weighted by Gasteiger charge is 2.20. The smallest absolute Gasteiger partial charge is 0.186 e. The Kier molecular flexibility index (Phi) is 5.65. The van der Waals surface area contributed by atoms with E-state index in [1.54, 1.807) is 6.92 Å². The van der Waals surface area contributed by atoms with Gasteiger partial charge >= 0.3 is 0 Å². The molecule has 0 heterocycles.